The second kappa shape index (κ2) is 4.37. The lowest BCUT2D eigenvalue weighted by Crippen LogP contribution is -2.15. The van der Waals surface area contributed by atoms with Crippen LogP contribution in [0.25, 0.3) is 10.3 Å². The van der Waals surface area contributed by atoms with Crippen molar-refractivity contribution in [3.05, 3.63) is 16.8 Å². The molecule has 96 valence electrons. The molecule has 0 saturated carbocycles. The third-order valence-electron chi connectivity index (χ3n) is 3.26. The molecule has 18 heavy (non-hydrogen) atoms. The zero-order valence-electron chi connectivity index (χ0n) is 10.0. The van der Waals surface area contributed by atoms with Gasteiger partial charge in [-0.3, -0.25) is 0 Å². The highest BCUT2D eigenvalue weighted by molar-refractivity contribution is 7.20. The molecule has 6 heteroatoms. The van der Waals surface area contributed by atoms with E-state index < -0.39 is 5.97 Å². The first kappa shape index (κ1) is 11.7. The van der Waals surface area contributed by atoms with Gasteiger partial charge in [0.2, 0.25) is 0 Å². The lowest BCUT2D eigenvalue weighted by atomic mass is 10.2. The monoisotopic (exact) mass is 266 g/mol. The first-order valence-electron chi connectivity index (χ1n) is 5.96. The Kier molecular flexibility index (Phi) is 2.83. The molecule has 0 radical (unpaired) electrons. The maximum Gasteiger partial charge on any atom is 0.346 e. The third-order valence-corrected chi connectivity index (χ3v) is 4.27. The molecule has 0 amide bonds. The van der Waals surface area contributed by atoms with Crippen molar-refractivity contribution in [1.29, 1.82) is 0 Å². The van der Waals surface area contributed by atoms with E-state index in [4.69, 9.17) is 9.84 Å². The number of nitrogens with zero attached hydrogens (tertiary/aromatic N) is 2. The fourth-order valence-corrected chi connectivity index (χ4v) is 3.27. The van der Waals surface area contributed by atoms with Gasteiger partial charge in [0, 0.05) is 6.61 Å². The lowest BCUT2D eigenvalue weighted by molar-refractivity contribution is 0.0702. The molecule has 0 spiro atoms. The second-order valence-corrected chi connectivity index (χ2v) is 5.54. The van der Waals surface area contributed by atoms with Crippen molar-refractivity contribution in [3.63, 3.8) is 0 Å². The molecule has 1 N–H and O–H groups in total. The number of carbonyl (C=O) groups is 1. The maximum absolute atomic E-state index is 11.0. The fourth-order valence-electron chi connectivity index (χ4n) is 2.35. The molecular weight excluding hydrogens is 252 g/mol. The van der Waals surface area contributed by atoms with Crippen LogP contribution in [-0.2, 0) is 11.3 Å². The molecule has 1 fully saturated rings. The van der Waals surface area contributed by atoms with Crippen LogP contribution in [0.15, 0.2) is 6.07 Å². The molecule has 1 saturated heterocycles. The molecule has 3 rings (SSSR count). The van der Waals surface area contributed by atoms with E-state index in [1.54, 1.807) is 6.07 Å². The van der Waals surface area contributed by atoms with Gasteiger partial charge in [-0.25, -0.2) is 9.78 Å². The van der Waals surface area contributed by atoms with Crippen LogP contribution in [0.4, 0.5) is 0 Å². The summed E-state index contributed by atoms with van der Waals surface area (Å²) in [6, 6.07) is 1.71. The molecule has 0 bridgehead atoms. The Morgan fingerprint density at radius 2 is 2.56 bits per heavy atom. The minimum atomic E-state index is -0.890. The summed E-state index contributed by atoms with van der Waals surface area (Å²) in [5.74, 6) is 0.0306. The highest BCUT2D eigenvalue weighted by Crippen LogP contribution is 2.27. The van der Waals surface area contributed by atoms with Gasteiger partial charge in [0.05, 0.1) is 18.2 Å². The molecule has 2 aromatic rings. The number of aryl methyl sites for hydroxylation is 1. The zero-order chi connectivity index (χ0) is 12.7. The molecule has 1 aliphatic heterocycles. The number of carboxylic acids is 1. The number of aromatic carboxylic acids is 1. The van der Waals surface area contributed by atoms with Crippen molar-refractivity contribution >= 4 is 27.7 Å². The van der Waals surface area contributed by atoms with E-state index >= 15 is 0 Å². The Hall–Kier alpha value is -1.40. The van der Waals surface area contributed by atoms with Crippen molar-refractivity contribution in [3.8, 4) is 0 Å². The molecule has 3 heterocycles. The number of thiophene rings is 1. The summed E-state index contributed by atoms with van der Waals surface area (Å²) in [4.78, 5) is 16.5. The maximum atomic E-state index is 11.0. The van der Waals surface area contributed by atoms with E-state index in [0.717, 1.165) is 42.2 Å². The summed E-state index contributed by atoms with van der Waals surface area (Å²) in [7, 11) is 0. The van der Waals surface area contributed by atoms with Crippen molar-refractivity contribution in [2.75, 3.05) is 6.61 Å². The molecular formula is C12H14N2O3S. The average Bonchev–Trinajstić information content (AvgIpc) is 2.98. The summed E-state index contributed by atoms with van der Waals surface area (Å²) >= 11 is 1.23. The predicted molar refractivity (Wildman–Crippen MR) is 68.3 cm³/mol. The van der Waals surface area contributed by atoms with Gasteiger partial charge in [0.25, 0.3) is 0 Å². The van der Waals surface area contributed by atoms with E-state index in [-0.39, 0.29) is 6.10 Å². The highest BCUT2D eigenvalue weighted by atomic mass is 32.1. The van der Waals surface area contributed by atoms with Gasteiger partial charge in [-0.2, -0.15) is 0 Å². The van der Waals surface area contributed by atoms with Gasteiger partial charge in [-0.05, 0) is 25.8 Å². The van der Waals surface area contributed by atoms with E-state index in [1.807, 2.05) is 6.92 Å². The fraction of sp³-hybridized carbons (Fsp3) is 0.500. The Bertz CT molecular complexity index is 596. The minimum Gasteiger partial charge on any atom is -0.477 e. The number of imidazole rings is 1. The van der Waals surface area contributed by atoms with Gasteiger partial charge >= 0.3 is 5.97 Å². The molecule has 1 aliphatic rings. The third kappa shape index (κ3) is 1.91. The van der Waals surface area contributed by atoms with E-state index in [2.05, 4.69) is 9.55 Å². The molecule has 2 aromatic heterocycles. The Balaban J connectivity index is 1.97. The van der Waals surface area contributed by atoms with Crippen molar-refractivity contribution in [2.45, 2.75) is 32.4 Å². The van der Waals surface area contributed by atoms with E-state index in [1.165, 1.54) is 11.3 Å². The van der Waals surface area contributed by atoms with E-state index in [0.29, 0.717) is 4.88 Å². The minimum absolute atomic E-state index is 0.231. The quantitative estimate of drug-likeness (QED) is 0.925. The van der Waals surface area contributed by atoms with Crippen LogP contribution in [0.3, 0.4) is 0 Å². The second-order valence-electron chi connectivity index (χ2n) is 4.51. The summed E-state index contributed by atoms with van der Waals surface area (Å²) in [5, 5.41) is 9.00. The number of fused-ring (bicyclic) bond motifs is 1. The van der Waals surface area contributed by atoms with Crippen LogP contribution < -0.4 is 0 Å². The van der Waals surface area contributed by atoms with Crippen LogP contribution in [0, 0.1) is 6.92 Å². The van der Waals surface area contributed by atoms with Gasteiger partial charge in [-0.15, -0.1) is 11.3 Å². The molecule has 5 nitrogen and oxygen atoms in total. The summed E-state index contributed by atoms with van der Waals surface area (Å²) in [5.41, 5.74) is 0.908. The van der Waals surface area contributed by atoms with Gasteiger partial charge in [0.15, 0.2) is 0 Å². The smallest absolute Gasteiger partial charge is 0.346 e. The normalized spacial score (nSPS) is 19.7. The number of aromatic nitrogens is 2. The van der Waals surface area contributed by atoms with E-state index in [9.17, 15) is 4.79 Å². The van der Waals surface area contributed by atoms with Crippen molar-refractivity contribution in [1.82, 2.24) is 9.55 Å². The highest BCUT2D eigenvalue weighted by Gasteiger charge is 2.20. The van der Waals surface area contributed by atoms with Gasteiger partial charge < -0.3 is 14.4 Å². The standard InChI is InChI=1S/C12H14N2O3S/c1-7-13-11-9(5-10(18-11)12(15)16)14(7)6-8-3-2-4-17-8/h5,8H,2-4,6H2,1H3,(H,15,16). The lowest BCUT2D eigenvalue weighted by Gasteiger charge is -2.12. The van der Waals surface area contributed by atoms with Crippen LogP contribution in [-0.4, -0.2) is 33.3 Å². The van der Waals surface area contributed by atoms with Crippen LogP contribution in [0.5, 0.6) is 0 Å². The molecule has 1 unspecified atom stereocenters. The van der Waals surface area contributed by atoms with Gasteiger partial charge in [-0.1, -0.05) is 0 Å². The van der Waals surface area contributed by atoms with Crippen LogP contribution in [0.1, 0.15) is 28.3 Å². The van der Waals surface area contributed by atoms with Crippen LogP contribution >= 0.6 is 11.3 Å². The SMILES string of the molecule is Cc1nc2sc(C(=O)O)cc2n1CC1CCCO1. The molecule has 0 aromatic carbocycles. The van der Waals surface area contributed by atoms with Crippen LogP contribution in [0.2, 0.25) is 0 Å². The first-order chi connectivity index (χ1) is 8.65. The topological polar surface area (TPSA) is 64.3 Å². The average molecular weight is 266 g/mol. The number of rotatable bonds is 3. The Morgan fingerprint density at radius 1 is 1.72 bits per heavy atom. The summed E-state index contributed by atoms with van der Waals surface area (Å²) in [6.45, 7) is 3.53. The number of hydrogen-bond acceptors (Lipinski definition) is 4. The number of hydrogen-bond donors (Lipinski definition) is 1. The van der Waals surface area contributed by atoms with Gasteiger partial charge in [0.1, 0.15) is 15.5 Å². The summed E-state index contributed by atoms with van der Waals surface area (Å²) in [6.07, 6.45) is 2.40. The molecule has 1 atom stereocenters. The Labute approximate surface area is 108 Å². The first-order valence-corrected chi connectivity index (χ1v) is 6.78. The molecule has 0 aliphatic carbocycles. The van der Waals surface area contributed by atoms with Crippen molar-refractivity contribution < 1.29 is 14.6 Å². The number of carboxylic acid groups (broad SMARTS) is 1. The zero-order valence-corrected chi connectivity index (χ0v) is 10.9. The van der Waals surface area contributed by atoms with Crippen molar-refractivity contribution in [2.24, 2.45) is 0 Å². The largest absolute Gasteiger partial charge is 0.477 e. The Morgan fingerprint density at radius 3 is 3.22 bits per heavy atom. The predicted octanol–water partition coefficient (Wildman–Crippen LogP) is 2.28. The number of ether oxygens (including phenoxy) is 1. The summed E-state index contributed by atoms with van der Waals surface area (Å²) < 4.78 is 7.69.